The standard InChI is InChI=1S/C21H21Cl2N5O3S/c1-12(24-20(30)13-4-7-15(31-3)8-5-13)19-26-27-21(28(19)2)32-11-18(29)25-17-9-6-14(22)10-16(17)23/h4-10,12H,11H2,1-3H3,(H,24,30)(H,25,29). The molecule has 1 atom stereocenters. The molecule has 1 heterocycles. The first kappa shape index (κ1) is 23.9. The molecule has 0 fully saturated rings. The fraction of sp³-hybridized carbons (Fsp3) is 0.238. The number of anilines is 1. The molecule has 0 radical (unpaired) electrons. The average Bonchev–Trinajstić information content (AvgIpc) is 3.14. The van der Waals surface area contributed by atoms with Crippen LogP contribution in [0.3, 0.4) is 0 Å². The van der Waals surface area contributed by atoms with Crippen LogP contribution in [0.2, 0.25) is 10.0 Å². The summed E-state index contributed by atoms with van der Waals surface area (Å²) in [5.74, 6) is 0.862. The van der Waals surface area contributed by atoms with E-state index in [1.54, 1.807) is 61.2 Å². The van der Waals surface area contributed by atoms with E-state index in [0.29, 0.717) is 38.0 Å². The third-order valence-corrected chi connectivity index (χ3v) is 6.06. The fourth-order valence-corrected chi connectivity index (χ4v) is 4.00. The molecule has 168 valence electrons. The summed E-state index contributed by atoms with van der Waals surface area (Å²) in [5, 5.41) is 15.3. The number of nitrogens with one attached hydrogen (secondary N) is 2. The number of aromatic nitrogens is 3. The summed E-state index contributed by atoms with van der Waals surface area (Å²) in [5.41, 5.74) is 0.988. The lowest BCUT2D eigenvalue weighted by Crippen LogP contribution is -2.28. The van der Waals surface area contributed by atoms with Crippen LogP contribution in [0.1, 0.15) is 29.1 Å². The highest BCUT2D eigenvalue weighted by Gasteiger charge is 2.19. The Morgan fingerprint density at radius 2 is 1.88 bits per heavy atom. The molecule has 0 saturated heterocycles. The molecule has 1 aromatic heterocycles. The number of nitrogens with zero attached hydrogens (tertiary/aromatic N) is 3. The number of carbonyl (C=O) groups excluding carboxylic acids is 2. The van der Waals surface area contributed by atoms with Crippen LogP contribution in [-0.2, 0) is 11.8 Å². The molecule has 0 spiro atoms. The Morgan fingerprint density at radius 1 is 1.16 bits per heavy atom. The van der Waals surface area contributed by atoms with Crippen LogP contribution in [0.4, 0.5) is 5.69 Å². The van der Waals surface area contributed by atoms with E-state index in [0.717, 1.165) is 0 Å². The Morgan fingerprint density at radius 3 is 2.53 bits per heavy atom. The van der Waals surface area contributed by atoms with E-state index >= 15 is 0 Å². The van der Waals surface area contributed by atoms with Gasteiger partial charge >= 0.3 is 0 Å². The first-order valence-electron chi connectivity index (χ1n) is 9.50. The normalized spacial score (nSPS) is 11.7. The van der Waals surface area contributed by atoms with E-state index in [9.17, 15) is 9.59 Å². The van der Waals surface area contributed by atoms with E-state index in [1.807, 2.05) is 6.92 Å². The van der Waals surface area contributed by atoms with Gasteiger partial charge in [-0.15, -0.1) is 10.2 Å². The van der Waals surface area contributed by atoms with Crippen LogP contribution >= 0.6 is 35.0 Å². The summed E-state index contributed by atoms with van der Waals surface area (Å²) >= 11 is 13.2. The number of hydrogen-bond donors (Lipinski definition) is 2. The Bertz CT molecular complexity index is 1120. The molecule has 8 nitrogen and oxygen atoms in total. The number of halogens is 2. The predicted octanol–water partition coefficient (Wildman–Crippen LogP) is 4.35. The highest BCUT2D eigenvalue weighted by Crippen LogP contribution is 2.26. The molecule has 2 amide bonds. The lowest BCUT2D eigenvalue weighted by molar-refractivity contribution is -0.113. The number of rotatable bonds is 8. The minimum atomic E-state index is -0.391. The molecule has 2 aromatic carbocycles. The second-order valence-corrected chi connectivity index (χ2v) is 8.57. The molecule has 0 aliphatic carbocycles. The number of carbonyl (C=O) groups is 2. The maximum atomic E-state index is 12.5. The SMILES string of the molecule is COc1ccc(C(=O)NC(C)c2nnc(SCC(=O)Nc3ccc(Cl)cc3Cl)n2C)cc1. The number of thioether (sulfide) groups is 1. The Balaban J connectivity index is 1.57. The van der Waals surface area contributed by atoms with Gasteiger partial charge < -0.3 is 19.9 Å². The second-order valence-electron chi connectivity index (χ2n) is 6.78. The maximum Gasteiger partial charge on any atom is 0.251 e. The summed E-state index contributed by atoms with van der Waals surface area (Å²) in [6.45, 7) is 1.81. The minimum Gasteiger partial charge on any atom is -0.497 e. The third kappa shape index (κ3) is 5.93. The first-order valence-corrected chi connectivity index (χ1v) is 11.2. The van der Waals surface area contributed by atoms with E-state index in [1.165, 1.54) is 11.8 Å². The molecule has 3 aromatic rings. The monoisotopic (exact) mass is 493 g/mol. The molecular formula is C21H21Cl2N5O3S. The van der Waals surface area contributed by atoms with Gasteiger partial charge in [0.05, 0.1) is 29.6 Å². The lowest BCUT2D eigenvalue weighted by Gasteiger charge is -2.14. The molecule has 11 heteroatoms. The van der Waals surface area contributed by atoms with Gasteiger partial charge in [-0.3, -0.25) is 9.59 Å². The zero-order valence-electron chi connectivity index (χ0n) is 17.6. The van der Waals surface area contributed by atoms with Crippen molar-refractivity contribution in [1.29, 1.82) is 0 Å². The number of hydrogen-bond acceptors (Lipinski definition) is 6. The number of benzene rings is 2. The zero-order valence-corrected chi connectivity index (χ0v) is 19.9. The molecule has 3 rings (SSSR count). The molecule has 0 aliphatic rings. The van der Waals surface area contributed by atoms with E-state index in [2.05, 4.69) is 20.8 Å². The number of amides is 2. The van der Waals surface area contributed by atoms with Gasteiger partial charge in [-0.2, -0.15) is 0 Å². The van der Waals surface area contributed by atoms with Gasteiger partial charge in [0.15, 0.2) is 11.0 Å². The molecule has 0 bridgehead atoms. The van der Waals surface area contributed by atoms with Crippen LogP contribution in [-0.4, -0.2) is 39.4 Å². The number of methoxy groups -OCH3 is 1. The summed E-state index contributed by atoms with van der Waals surface area (Å²) < 4.78 is 6.85. The van der Waals surface area contributed by atoms with Crippen LogP contribution in [0, 0.1) is 0 Å². The quantitative estimate of drug-likeness (QED) is 0.452. The van der Waals surface area contributed by atoms with Gasteiger partial charge in [0, 0.05) is 17.6 Å². The summed E-state index contributed by atoms with van der Waals surface area (Å²) in [6.07, 6.45) is 0. The number of ether oxygens (including phenoxy) is 1. The van der Waals surface area contributed by atoms with Gasteiger partial charge in [-0.05, 0) is 49.4 Å². The lowest BCUT2D eigenvalue weighted by atomic mass is 10.2. The van der Waals surface area contributed by atoms with Gasteiger partial charge in [0.25, 0.3) is 5.91 Å². The topological polar surface area (TPSA) is 98.1 Å². The zero-order chi connectivity index (χ0) is 23.3. The Kier molecular flexibility index (Phi) is 8.00. The second kappa shape index (κ2) is 10.7. The van der Waals surface area contributed by atoms with Gasteiger partial charge in [0.1, 0.15) is 5.75 Å². The van der Waals surface area contributed by atoms with Crippen molar-refractivity contribution in [2.24, 2.45) is 7.05 Å². The van der Waals surface area contributed by atoms with Crippen molar-refractivity contribution >= 4 is 52.5 Å². The summed E-state index contributed by atoms with van der Waals surface area (Å²) in [4.78, 5) is 24.8. The summed E-state index contributed by atoms with van der Waals surface area (Å²) in [6, 6.07) is 11.3. The van der Waals surface area contributed by atoms with E-state index < -0.39 is 6.04 Å². The predicted molar refractivity (Wildman–Crippen MR) is 126 cm³/mol. The molecule has 0 aliphatic heterocycles. The third-order valence-electron chi connectivity index (χ3n) is 4.49. The van der Waals surface area contributed by atoms with Gasteiger partial charge in [-0.25, -0.2) is 0 Å². The van der Waals surface area contributed by atoms with Crippen molar-refractivity contribution in [3.05, 3.63) is 63.9 Å². The maximum absolute atomic E-state index is 12.5. The van der Waals surface area contributed by atoms with Crippen LogP contribution in [0.15, 0.2) is 47.6 Å². The average molecular weight is 494 g/mol. The van der Waals surface area contributed by atoms with Crippen molar-refractivity contribution in [3.8, 4) is 5.75 Å². The van der Waals surface area contributed by atoms with Crippen molar-refractivity contribution in [2.75, 3.05) is 18.2 Å². The highest BCUT2D eigenvalue weighted by molar-refractivity contribution is 7.99. The van der Waals surface area contributed by atoms with Gasteiger partial charge in [-0.1, -0.05) is 35.0 Å². The first-order chi connectivity index (χ1) is 15.3. The van der Waals surface area contributed by atoms with E-state index in [4.69, 9.17) is 27.9 Å². The smallest absolute Gasteiger partial charge is 0.251 e. The van der Waals surface area contributed by atoms with Crippen molar-refractivity contribution in [2.45, 2.75) is 18.1 Å². The minimum absolute atomic E-state index is 0.109. The molecule has 32 heavy (non-hydrogen) atoms. The van der Waals surface area contributed by atoms with Crippen molar-refractivity contribution < 1.29 is 14.3 Å². The highest BCUT2D eigenvalue weighted by atomic mass is 35.5. The summed E-state index contributed by atoms with van der Waals surface area (Å²) in [7, 11) is 3.35. The van der Waals surface area contributed by atoms with Crippen molar-refractivity contribution in [3.63, 3.8) is 0 Å². The van der Waals surface area contributed by atoms with E-state index in [-0.39, 0.29) is 17.6 Å². The largest absolute Gasteiger partial charge is 0.497 e. The molecule has 1 unspecified atom stereocenters. The molecule has 0 saturated carbocycles. The van der Waals surface area contributed by atoms with Crippen LogP contribution in [0.5, 0.6) is 5.75 Å². The van der Waals surface area contributed by atoms with Crippen molar-refractivity contribution in [1.82, 2.24) is 20.1 Å². The Hall–Kier alpha value is -2.75. The van der Waals surface area contributed by atoms with Crippen LogP contribution in [0.25, 0.3) is 0 Å². The van der Waals surface area contributed by atoms with Gasteiger partial charge in [0.2, 0.25) is 5.91 Å². The Labute approximate surface area is 199 Å². The molecular weight excluding hydrogens is 473 g/mol. The van der Waals surface area contributed by atoms with Crippen LogP contribution < -0.4 is 15.4 Å². The fourth-order valence-electron chi connectivity index (χ4n) is 2.82. The molecule has 2 N–H and O–H groups in total.